The molecule has 1 aromatic rings. The quantitative estimate of drug-likeness (QED) is 0.653. The van der Waals surface area contributed by atoms with E-state index < -0.39 is 0 Å². The van der Waals surface area contributed by atoms with Gasteiger partial charge in [-0.15, -0.1) is 0 Å². The molecule has 0 unspecified atom stereocenters. The summed E-state index contributed by atoms with van der Waals surface area (Å²) >= 11 is 0. The fourth-order valence-corrected chi connectivity index (χ4v) is 1.09. The molecule has 2 heteroatoms. The molecule has 2 N–H and O–H groups in total. The van der Waals surface area contributed by atoms with Crippen molar-refractivity contribution in [1.29, 1.82) is 0 Å². The zero-order valence-corrected chi connectivity index (χ0v) is 7.39. The summed E-state index contributed by atoms with van der Waals surface area (Å²) in [6, 6.07) is 6.69. The molecule has 0 fully saturated rings. The molecule has 0 radical (unpaired) electrons. The Labute approximate surface area is 72.6 Å². The average Bonchev–Trinajstić information content (AvgIpc) is 2.09. The van der Waals surface area contributed by atoms with Gasteiger partial charge in [0.05, 0.1) is 6.54 Å². The van der Waals surface area contributed by atoms with Gasteiger partial charge < -0.3 is 5.32 Å². The molecule has 0 bridgehead atoms. The van der Waals surface area contributed by atoms with Crippen molar-refractivity contribution in [3.05, 3.63) is 35.6 Å². The molecule has 0 aromatic heterocycles. The molecular formula is C10H15FN+. The molecule has 0 saturated carbocycles. The molecule has 0 amide bonds. The van der Waals surface area contributed by atoms with Crippen LogP contribution >= 0.6 is 0 Å². The third kappa shape index (κ3) is 3.01. The first-order valence-electron chi connectivity index (χ1n) is 4.39. The van der Waals surface area contributed by atoms with Crippen molar-refractivity contribution in [1.82, 2.24) is 0 Å². The Bertz CT molecular complexity index is 218. The van der Waals surface area contributed by atoms with Gasteiger partial charge in [0.1, 0.15) is 12.4 Å². The van der Waals surface area contributed by atoms with Crippen LogP contribution in [-0.4, -0.2) is 6.54 Å². The molecule has 0 aliphatic carbocycles. The molecule has 1 nitrogen and oxygen atoms in total. The molecule has 0 saturated heterocycles. The van der Waals surface area contributed by atoms with E-state index in [0.717, 1.165) is 13.1 Å². The minimum atomic E-state index is -0.158. The highest BCUT2D eigenvalue weighted by atomic mass is 19.1. The zero-order chi connectivity index (χ0) is 8.81. The lowest BCUT2D eigenvalue weighted by Crippen LogP contribution is -2.82. The van der Waals surface area contributed by atoms with Crippen LogP contribution in [0.25, 0.3) is 0 Å². The predicted octanol–water partition coefficient (Wildman–Crippen LogP) is 1.30. The lowest BCUT2D eigenvalue weighted by Gasteiger charge is -1.99. The Kier molecular flexibility index (Phi) is 3.74. The second-order valence-corrected chi connectivity index (χ2v) is 2.91. The van der Waals surface area contributed by atoms with Crippen molar-refractivity contribution < 1.29 is 9.71 Å². The van der Waals surface area contributed by atoms with Crippen LogP contribution in [-0.2, 0) is 6.54 Å². The number of rotatable bonds is 4. The van der Waals surface area contributed by atoms with Crippen molar-refractivity contribution >= 4 is 0 Å². The lowest BCUT2D eigenvalue weighted by atomic mass is 10.2. The van der Waals surface area contributed by atoms with Gasteiger partial charge in [0.2, 0.25) is 0 Å². The van der Waals surface area contributed by atoms with Gasteiger partial charge in [-0.3, -0.25) is 0 Å². The van der Waals surface area contributed by atoms with Crippen molar-refractivity contribution in [2.24, 2.45) is 0 Å². The van der Waals surface area contributed by atoms with Crippen LogP contribution in [0.1, 0.15) is 18.9 Å². The van der Waals surface area contributed by atoms with Gasteiger partial charge in [0.15, 0.2) is 0 Å². The fraction of sp³-hybridized carbons (Fsp3) is 0.400. The monoisotopic (exact) mass is 168 g/mol. The smallest absolute Gasteiger partial charge is 0.123 e. The molecule has 0 aliphatic heterocycles. The number of halogens is 1. The first kappa shape index (κ1) is 9.20. The van der Waals surface area contributed by atoms with Crippen molar-refractivity contribution in [3.8, 4) is 0 Å². The number of nitrogens with two attached hydrogens (primary N) is 1. The summed E-state index contributed by atoms with van der Waals surface area (Å²) in [5, 5.41) is 2.23. The minimum absolute atomic E-state index is 0.158. The van der Waals surface area contributed by atoms with Gasteiger partial charge >= 0.3 is 0 Å². The van der Waals surface area contributed by atoms with Gasteiger partial charge in [-0.1, -0.05) is 19.1 Å². The van der Waals surface area contributed by atoms with Crippen LogP contribution in [0.3, 0.4) is 0 Å². The summed E-state index contributed by atoms with van der Waals surface area (Å²) in [7, 11) is 0. The maximum Gasteiger partial charge on any atom is 0.123 e. The molecule has 1 rings (SSSR count). The highest BCUT2D eigenvalue weighted by molar-refractivity contribution is 5.14. The van der Waals surface area contributed by atoms with Gasteiger partial charge in [0.25, 0.3) is 0 Å². The van der Waals surface area contributed by atoms with Crippen LogP contribution in [0, 0.1) is 5.82 Å². The molecule has 0 atom stereocenters. The van der Waals surface area contributed by atoms with Gasteiger partial charge in [-0.25, -0.2) is 4.39 Å². The standard InChI is InChI=1S/C10H14FN/c1-2-7-12-8-9-3-5-10(11)6-4-9/h3-6,12H,2,7-8H2,1H3/p+1. The van der Waals surface area contributed by atoms with Gasteiger partial charge in [0, 0.05) is 5.56 Å². The van der Waals surface area contributed by atoms with Crippen LogP contribution in [0.2, 0.25) is 0 Å². The van der Waals surface area contributed by atoms with Crippen molar-refractivity contribution in [2.75, 3.05) is 6.54 Å². The van der Waals surface area contributed by atoms with E-state index in [-0.39, 0.29) is 5.82 Å². The third-order valence-electron chi connectivity index (χ3n) is 1.79. The van der Waals surface area contributed by atoms with Crippen LogP contribution < -0.4 is 5.32 Å². The van der Waals surface area contributed by atoms with E-state index in [0.29, 0.717) is 0 Å². The first-order chi connectivity index (χ1) is 5.83. The Hall–Kier alpha value is -0.890. The van der Waals surface area contributed by atoms with Crippen molar-refractivity contribution in [3.63, 3.8) is 0 Å². The zero-order valence-electron chi connectivity index (χ0n) is 7.39. The van der Waals surface area contributed by atoms with Gasteiger partial charge in [-0.2, -0.15) is 0 Å². The molecular weight excluding hydrogens is 153 g/mol. The second-order valence-electron chi connectivity index (χ2n) is 2.91. The highest BCUT2D eigenvalue weighted by Gasteiger charge is 1.94. The first-order valence-corrected chi connectivity index (χ1v) is 4.39. The van der Waals surface area contributed by atoms with E-state index in [1.54, 1.807) is 0 Å². The van der Waals surface area contributed by atoms with Crippen molar-refractivity contribution in [2.45, 2.75) is 19.9 Å². The molecule has 0 heterocycles. The maximum absolute atomic E-state index is 12.5. The number of hydrogen-bond acceptors (Lipinski definition) is 0. The van der Waals surface area contributed by atoms with E-state index in [2.05, 4.69) is 12.2 Å². The predicted molar refractivity (Wildman–Crippen MR) is 47.2 cm³/mol. The van der Waals surface area contributed by atoms with Crippen LogP contribution in [0.15, 0.2) is 24.3 Å². The van der Waals surface area contributed by atoms with E-state index in [4.69, 9.17) is 0 Å². The average molecular weight is 168 g/mol. The molecule has 0 spiro atoms. The Morgan fingerprint density at radius 1 is 1.25 bits per heavy atom. The van der Waals surface area contributed by atoms with Crippen LogP contribution in [0.5, 0.6) is 0 Å². The summed E-state index contributed by atoms with van der Waals surface area (Å²) in [5.41, 5.74) is 1.19. The normalized spacial score (nSPS) is 10.2. The lowest BCUT2D eigenvalue weighted by molar-refractivity contribution is -0.670. The minimum Gasteiger partial charge on any atom is -0.343 e. The fourth-order valence-electron chi connectivity index (χ4n) is 1.09. The Morgan fingerprint density at radius 2 is 1.92 bits per heavy atom. The molecule has 12 heavy (non-hydrogen) atoms. The second kappa shape index (κ2) is 4.88. The molecule has 1 aromatic carbocycles. The molecule has 0 aliphatic rings. The summed E-state index contributed by atoms with van der Waals surface area (Å²) < 4.78 is 12.5. The third-order valence-corrected chi connectivity index (χ3v) is 1.79. The van der Waals surface area contributed by atoms with E-state index >= 15 is 0 Å². The number of benzene rings is 1. The van der Waals surface area contributed by atoms with Gasteiger partial charge in [-0.05, 0) is 18.6 Å². The Balaban J connectivity index is 2.37. The summed E-state index contributed by atoms with van der Waals surface area (Å²) in [6.07, 6.45) is 1.18. The Morgan fingerprint density at radius 3 is 2.50 bits per heavy atom. The maximum atomic E-state index is 12.5. The number of quaternary nitrogens is 1. The highest BCUT2D eigenvalue weighted by Crippen LogP contribution is 2.00. The topological polar surface area (TPSA) is 16.6 Å². The summed E-state index contributed by atoms with van der Waals surface area (Å²) in [5.74, 6) is -0.158. The van der Waals surface area contributed by atoms with Crippen LogP contribution in [0.4, 0.5) is 4.39 Å². The SMILES string of the molecule is CCC[NH2+]Cc1ccc(F)cc1. The van der Waals surface area contributed by atoms with E-state index in [1.807, 2.05) is 12.1 Å². The molecule has 66 valence electrons. The summed E-state index contributed by atoms with van der Waals surface area (Å²) in [6.45, 7) is 4.24. The van der Waals surface area contributed by atoms with E-state index in [1.165, 1.54) is 24.1 Å². The summed E-state index contributed by atoms with van der Waals surface area (Å²) in [4.78, 5) is 0. The largest absolute Gasteiger partial charge is 0.343 e. The number of hydrogen-bond donors (Lipinski definition) is 1. The van der Waals surface area contributed by atoms with E-state index in [9.17, 15) is 4.39 Å².